The van der Waals surface area contributed by atoms with Gasteiger partial charge in [0.05, 0.1) is 0 Å². The molecule has 20 heavy (non-hydrogen) atoms. The summed E-state index contributed by atoms with van der Waals surface area (Å²) < 4.78 is 1.10. The Morgan fingerprint density at radius 2 is 2.20 bits per heavy atom. The first-order valence-electron chi connectivity index (χ1n) is 7.12. The fourth-order valence-electron chi connectivity index (χ4n) is 3.22. The molecule has 1 aliphatic rings. The Labute approximate surface area is 128 Å². The summed E-state index contributed by atoms with van der Waals surface area (Å²) in [6.07, 6.45) is 5.34. The molecular formula is C17H19BrN2. The van der Waals surface area contributed by atoms with Gasteiger partial charge in [-0.05, 0) is 61.1 Å². The Kier molecular flexibility index (Phi) is 3.90. The predicted octanol–water partition coefficient (Wildman–Crippen LogP) is 4.27. The van der Waals surface area contributed by atoms with E-state index in [0.29, 0.717) is 5.92 Å². The average Bonchev–Trinajstić information content (AvgIpc) is 2.46. The minimum absolute atomic E-state index is 0.0250. The van der Waals surface area contributed by atoms with Gasteiger partial charge < -0.3 is 5.73 Å². The van der Waals surface area contributed by atoms with Gasteiger partial charge in [-0.1, -0.05) is 28.1 Å². The van der Waals surface area contributed by atoms with Gasteiger partial charge in [0.25, 0.3) is 0 Å². The molecule has 0 fully saturated rings. The number of nitrogens with two attached hydrogens (primary N) is 1. The fourth-order valence-corrected chi connectivity index (χ4v) is 3.70. The first-order chi connectivity index (χ1) is 9.66. The zero-order valence-corrected chi connectivity index (χ0v) is 13.2. The van der Waals surface area contributed by atoms with Crippen LogP contribution in [-0.2, 0) is 6.42 Å². The molecule has 2 N–H and O–H groups in total. The summed E-state index contributed by atoms with van der Waals surface area (Å²) in [6, 6.07) is 10.6. The lowest BCUT2D eigenvalue weighted by molar-refractivity contribution is 0.461. The molecule has 2 nitrogen and oxygen atoms in total. The quantitative estimate of drug-likeness (QED) is 0.892. The van der Waals surface area contributed by atoms with E-state index in [9.17, 15) is 0 Å². The molecule has 0 saturated heterocycles. The van der Waals surface area contributed by atoms with Crippen LogP contribution in [0, 0.1) is 6.92 Å². The summed E-state index contributed by atoms with van der Waals surface area (Å²) in [5.41, 5.74) is 11.6. The van der Waals surface area contributed by atoms with Crippen molar-refractivity contribution in [1.29, 1.82) is 0 Å². The van der Waals surface area contributed by atoms with Gasteiger partial charge in [0.1, 0.15) is 0 Å². The van der Waals surface area contributed by atoms with Crippen molar-refractivity contribution in [3.05, 3.63) is 63.4 Å². The number of nitrogens with zero attached hydrogens (tertiary/aromatic N) is 1. The molecule has 2 unspecified atom stereocenters. The van der Waals surface area contributed by atoms with Crippen molar-refractivity contribution in [2.75, 3.05) is 0 Å². The molecule has 3 heteroatoms. The second kappa shape index (κ2) is 5.66. The van der Waals surface area contributed by atoms with E-state index in [1.165, 1.54) is 28.8 Å². The highest BCUT2D eigenvalue weighted by Crippen LogP contribution is 2.38. The van der Waals surface area contributed by atoms with E-state index in [4.69, 9.17) is 5.73 Å². The lowest BCUT2D eigenvalue weighted by Crippen LogP contribution is -2.25. The van der Waals surface area contributed by atoms with Crippen LogP contribution >= 0.6 is 15.9 Å². The number of benzene rings is 1. The summed E-state index contributed by atoms with van der Waals surface area (Å²) in [5, 5.41) is 0. The first-order valence-corrected chi connectivity index (χ1v) is 7.91. The summed E-state index contributed by atoms with van der Waals surface area (Å²) in [6.45, 7) is 2.13. The number of rotatable bonds is 2. The van der Waals surface area contributed by atoms with Crippen molar-refractivity contribution in [3.8, 4) is 0 Å². The molecule has 2 atom stereocenters. The van der Waals surface area contributed by atoms with Crippen molar-refractivity contribution in [2.45, 2.75) is 38.1 Å². The van der Waals surface area contributed by atoms with Crippen LogP contribution in [0.3, 0.4) is 0 Å². The second-order valence-corrected chi connectivity index (χ2v) is 6.49. The van der Waals surface area contributed by atoms with Crippen LogP contribution in [0.2, 0.25) is 0 Å². The molecule has 0 radical (unpaired) electrons. The van der Waals surface area contributed by atoms with Gasteiger partial charge in [0, 0.05) is 28.3 Å². The van der Waals surface area contributed by atoms with Crippen molar-refractivity contribution < 1.29 is 0 Å². The summed E-state index contributed by atoms with van der Waals surface area (Å²) in [4.78, 5) is 4.61. The van der Waals surface area contributed by atoms with Crippen LogP contribution in [0.15, 0.2) is 41.0 Å². The third-order valence-electron chi connectivity index (χ3n) is 4.26. The van der Waals surface area contributed by atoms with Gasteiger partial charge in [-0.3, -0.25) is 4.98 Å². The average molecular weight is 331 g/mol. The highest BCUT2D eigenvalue weighted by Gasteiger charge is 2.28. The standard InChI is InChI=1S/C17H19BrN2/c1-11-10-13(18)7-8-14(11)16(19)15-6-2-4-12-5-3-9-20-17(12)15/h3,5,7-10,15-16H,2,4,6,19H2,1H3. The monoisotopic (exact) mass is 330 g/mol. The van der Waals surface area contributed by atoms with Crippen LogP contribution < -0.4 is 5.73 Å². The van der Waals surface area contributed by atoms with E-state index in [1.807, 2.05) is 12.3 Å². The molecule has 0 spiro atoms. The van der Waals surface area contributed by atoms with Gasteiger partial charge in [-0.15, -0.1) is 0 Å². The van der Waals surface area contributed by atoms with Crippen molar-refractivity contribution in [3.63, 3.8) is 0 Å². The smallest absolute Gasteiger partial charge is 0.0485 e. The normalized spacial score (nSPS) is 19.4. The molecule has 3 rings (SSSR count). The maximum absolute atomic E-state index is 6.58. The number of hydrogen-bond acceptors (Lipinski definition) is 2. The van der Waals surface area contributed by atoms with Gasteiger partial charge in [0.15, 0.2) is 0 Å². The minimum atomic E-state index is 0.0250. The SMILES string of the molecule is Cc1cc(Br)ccc1C(N)C1CCCc2cccnc21. The Bertz CT molecular complexity index is 624. The lowest BCUT2D eigenvalue weighted by atomic mass is 9.79. The second-order valence-electron chi connectivity index (χ2n) is 5.57. The maximum Gasteiger partial charge on any atom is 0.0485 e. The van der Waals surface area contributed by atoms with E-state index >= 15 is 0 Å². The molecular weight excluding hydrogens is 312 g/mol. The molecule has 2 aromatic rings. The fraction of sp³-hybridized carbons (Fsp3) is 0.353. The van der Waals surface area contributed by atoms with Crippen LogP contribution in [0.5, 0.6) is 0 Å². The number of aromatic nitrogens is 1. The van der Waals surface area contributed by atoms with Crippen LogP contribution in [-0.4, -0.2) is 4.98 Å². The largest absolute Gasteiger partial charge is 0.323 e. The van der Waals surface area contributed by atoms with E-state index in [0.717, 1.165) is 17.3 Å². The molecule has 1 aliphatic carbocycles. The van der Waals surface area contributed by atoms with Crippen LogP contribution in [0.1, 0.15) is 47.2 Å². The van der Waals surface area contributed by atoms with E-state index < -0.39 is 0 Å². The van der Waals surface area contributed by atoms with Gasteiger partial charge in [0.2, 0.25) is 0 Å². The van der Waals surface area contributed by atoms with E-state index in [-0.39, 0.29) is 6.04 Å². The third kappa shape index (κ3) is 2.52. The molecule has 0 amide bonds. The highest BCUT2D eigenvalue weighted by atomic mass is 79.9. The number of hydrogen-bond donors (Lipinski definition) is 1. The lowest BCUT2D eigenvalue weighted by Gasteiger charge is -2.30. The molecule has 0 saturated carbocycles. The third-order valence-corrected chi connectivity index (χ3v) is 4.76. The minimum Gasteiger partial charge on any atom is -0.323 e. The van der Waals surface area contributed by atoms with Gasteiger partial charge in [-0.2, -0.15) is 0 Å². The molecule has 1 aromatic heterocycles. The summed E-state index contributed by atoms with van der Waals surface area (Å²) >= 11 is 3.51. The molecule has 1 heterocycles. The van der Waals surface area contributed by atoms with Gasteiger partial charge in [-0.25, -0.2) is 0 Å². The maximum atomic E-state index is 6.58. The van der Waals surface area contributed by atoms with Crippen LogP contribution in [0.25, 0.3) is 0 Å². The Hall–Kier alpha value is -1.19. The first kappa shape index (κ1) is 13.8. The molecule has 0 aliphatic heterocycles. The predicted molar refractivity (Wildman–Crippen MR) is 85.7 cm³/mol. The Morgan fingerprint density at radius 3 is 3.00 bits per heavy atom. The molecule has 0 bridgehead atoms. The molecule has 1 aromatic carbocycles. The number of fused-ring (bicyclic) bond motifs is 1. The van der Waals surface area contributed by atoms with Crippen molar-refractivity contribution >= 4 is 15.9 Å². The molecule has 104 valence electrons. The number of halogens is 1. The van der Waals surface area contributed by atoms with Crippen molar-refractivity contribution in [1.82, 2.24) is 4.98 Å². The highest BCUT2D eigenvalue weighted by molar-refractivity contribution is 9.10. The Morgan fingerprint density at radius 1 is 1.35 bits per heavy atom. The zero-order valence-electron chi connectivity index (χ0n) is 11.6. The van der Waals surface area contributed by atoms with Gasteiger partial charge >= 0.3 is 0 Å². The zero-order chi connectivity index (χ0) is 14.1. The topological polar surface area (TPSA) is 38.9 Å². The van der Waals surface area contributed by atoms with E-state index in [1.54, 1.807) is 0 Å². The summed E-state index contributed by atoms with van der Waals surface area (Å²) in [5.74, 6) is 0.333. The van der Waals surface area contributed by atoms with Crippen LogP contribution in [0.4, 0.5) is 0 Å². The number of aryl methyl sites for hydroxylation is 2. The van der Waals surface area contributed by atoms with E-state index in [2.05, 4.69) is 52.1 Å². The Balaban J connectivity index is 1.97. The van der Waals surface area contributed by atoms with Crippen molar-refractivity contribution in [2.24, 2.45) is 5.73 Å². The summed E-state index contributed by atoms with van der Waals surface area (Å²) in [7, 11) is 0. The number of pyridine rings is 1.